The molecule has 1 heterocycles. The number of rotatable bonds is 5. The van der Waals surface area contributed by atoms with Crippen molar-refractivity contribution in [1.82, 2.24) is 4.98 Å². The average Bonchev–Trinajstić information content (AvgIpc) is 2.78. The summed E-state index contributed by atoms with van der Waals surface area (Å²) in [6.07, 6.45) is 1.75. The monoisotopic (exact) mass is 265 g/mol. The molecule has 0 fully saturated rings. The van der Waals surface area contributed by atoms with E-state index in [1.165, 1.54) is 17.0 Å². The van der Waals surface area contributed by atoms with Crippen LogP contribution in [0, 0.1) is 12.7 Å². The summed E-state index contributed by atoms with van der Waals surface area (Å²) in [6, 6.07) is 6.37. The van der Waals surface area contributed by atoms with Crippen molar-refractivity contribution in [2.75, 3.05) is 6.61 Å². The third-order valence-electron chi connectivity index (χ3n) is 3.13. The Bertz CT molecular complexity index is 495. The van der Waals surface area contributed by atoms with Gasteiger partial charge in [-0.05, 0) is 37.5 Å². The van der Waals surface area contributed by atoms with Crippen LogP contribution in [-0.2, 0) is 6.42 Å². The highest BCUT2D eigenvalue weighted by Gasteiger charge is 2.12. The lowest BCUT2D eigenvalue weighted by atomic mass is 9.94. The molecule has 2 nitrogen and oxygen atoms in total. The number of aliphatic hydroxyl groups is 1. The zero-order valence-electron chi connectivity index (χ0n) is 10.3. The van der Waals surface area contributed by atoms with Gasteiger partial charge in [0.2, 0.25) is 0 Å². The van der Waals surface area contributed by atoms with Gasteiger partial charge in [-0.3, -0.25) is 0 Å². The van der Waals surface area contributed by atoms with Crippen molar-refractivity contribution < 1.29 is 9.50 Å². The van der Waals surface area contributed by atoms with Crippen LogP contribution in [0.5, 0.6) is 0 Å². The minimum atomic E-state index is -0.242. The van der Waals surface area contributed by atoms with E-state index in [2.05, 4.69) is 4.98 Å². The molecule has 4 heteroatoms. The molecular formula is C14H16FNOS. The second kappa shape index (κ2) is 6.07. The number of aromatic nitrogens is 1. The van der Waals surface area contributed by atoms with Crippen molar-refractivity contribution in [2.45, 2.75) is 25.7 Å². The first-order valence-electron chi connectivity index (χ1n) is 5.96. The third-order valence-corrected chi connectivity index (χ3v) is 4.12. The minimum absolute atomic E-state index is 0.0621. The fourth-order valence-corrected chi connectivity index (χ4v) is 2.77. The molecular weight excluding hydrogens is 249 g/mol. The number of hydrogen-bond acceptors (Lipinski definition) is 3. The van der Waals surface area contributed by atoms with Crippen molar-refractivity contribution in [3.8, 4) is 0 Å². The summed E-state index contributed by atoms with van der Waals surface area (Å²) in [4.78, 5) is 5.47. The average molecular weight is 265 g/mol. The molecule has 0 spiro atoms. The molecule has 2 aromatic rings. The number of aryl methyl sites for hydroxylation is 2. The summed E-state index contributed by atoms with van der Waals surface area (Å²) in [7, 11) is 0. The van der Waals surface area contributed by atoms with Crippen molar-refractivity contribution >= 4 is 11.3 Å². The standard InChI is InChI=1S/C14H16FNOS/c1-10-14(18-9-16-10)7-4-12(8-17)11-2-5-13(15)6-3-11/h2-3,5-6,9,12,17H,4,7-8H2,1H3. The van der Waals surface area contributed by atoms with Crippen LogP contribution in [0.25, 0.3) is 0 Å². The maximum atomic E-state index is 12.8. The second-order valence-electron chi connectivity index (χ2n) is 4.33. The van der Waals surface area contributed by atoms with Crippen LogP contribution in [0.1, 0.15) is 28.5 Å². The van der Waals surface area contributed by atoms with E-state index in [1.54, 1.807) is 23.5 Å². The van der Waals surface area contributed by atoms with Gasteiger partial charge in [-0.25, -0.2) is 9.37 Å². The normalized spacial score (nSPS) is 12.6. The Morgan fingerprint density at radius 2 is 2.06 bits per heavy atom. The van der Waals surface area contributed by atoms with E-state index in [0.29, 0.717) is 0 Å². The van der Waals surface area contributed by atoms with Crippen LogP contribution in [0.2, 0.25) is 0 Å². The Balaban J connectivity index is 2.01. The van der Waals surface area contributed by atoms with Crippen molar-refractivity contribution in [2.24, 2.45) is 0 Å². The van der Waals surface area contributed by atoms with Gasteiger partial charge >= 0.3 is 0 Å². The molecule has 1 N–H and O–H groups in total. The van der Waals surface area contributed by atoms with Gasteiger partial charge in [-0.15, -0.1) is 11.3 Å². The highest BCUT2D eigenvalue weighted by atomic mass is 32.1. The Labute approximate surface area is 110 Å². The number of nitrogens with zero attached hydrogens (tertiary/aromatic N) is 1. The third kappa shape index (κ3) is 3.15. The lowest BCUT2D eigenvalue weighted by Crippen LogP contribution is -2.05. The molecule has 18 heavy (non-hydrogen) atoms. The van der Waals surface area contributed by atoms with Gasteiger partial charge in [0.1, 0.15) is 5.82 Å². The topological polar surface area (TPSA) is 33.1 Å². The summed E-state index contributed by atoms with van der Waals surface area (Å²) in [5, 5.41) is 9.44. The molecule has 0 bridgehead atoms. The molecule has 1 unspecified atom stereocenters. The van der Waals surface area contributed by atoms with E-state index in [0.717, 1.165) is 24.1 Å². The fourth-order valence-electron chi connectivity index (χ4n) is 1.97. The number of aliphatic hydroxyl groups excluding tert-OH is 1. The van der Waals surface area contributed by atoms with E-state index < -0.39 is 0 Å². The van der Waals surface area contributed by atoms with E-state index in [-0.39, 0.29) is 18.3 Å². The Morgan fingerprint density at radius 3 is 2.61 bits per heavy atom. The largest absolute Gasteiger partial charge is 0.396 e. The van der Waals surface area contributed by atoms with Crippen molar-refractivity contribution in [3.63, 3.8) is 0 Å². The van der Waals surface area contributed by atoms with Gasteiger partial charge in [0.25, 0.3) is 0 Å². The molecule has 0 aliphatic heterocycles. The molecule has 0 saturated carbocycles. The van der Waals surface area contributed by atoms with Crippen LogP contribution < -0.4 is 0 Å². The SMILES string of the molecule is Cc1ncsc1CCC(CO)c1ccc(F)cc1. The molecule has 2 rings (SSSR count). The van der Waals surface area contributed by atoms with Crippen LogP contribution in [0.3, 0.4) is 0 Å². The minimum Gasteiger partial charge on any atom is -0.396 e. The molecule has 0 saturated heterocycles. The lowest BCUT2D eigenvalue weighted by Gasteiger charge is -2.14. The van der Waals surface area contributed by atoms with E-state index in [4.69, 9.17) is 0 Å². The number of hydrogen-bond donors (Lipinski definition) is 1. The number of halogens is 1. The van der Waals surface area contributed by atoms with Gasteiger partial charge in [0.15, 0.2) is 0 Å². The molecule has 1 aromatic heterocycles. The Kier molecular flexibility index (Phi) is 4.44. The number of benzene rings is 1. The summed E-state index contributed by atoms with van der Waals surface area (Å²) in [5.74, 6) is -0.180. The lowest BCUT2D eigenvalue weighted by molar-refractivity contribution is 0.259. The van der Waals surface area contributed by atoms with Gasteiger partial charge < -0.3 is 5.11 Å². The molecule has 1 aromatic carbocycles. The quantitative estimate of drug-likeness (QED) is 0.899. The van der Waals surface area contributed by atoms with E-state index in [9.17, 15) is 9.50 Å². The smallest absolute Gasteiger partial charge is 0.123 e. The van der Waals surface area contributed by atoms with Gasteiger partial charge in [-0.2, -0.15) is 0 Å². The summed E-state index contributed by atoms with van der Waals surface area (Å²) >= 11 is 1.65. The van der Waals surface area contributed by atoms with Crippen molar-refractivity contribution in [3.05, 3.63) is 51.7 Å². The Morgan fingerprint density at radius 1 is 1.33 bits per heavy atom. The molecule has 0 radical (unpaired) electrons. The van der Waals surface area contributed by atoms with Crippen LogP contribution in [0.4, 0.5) is 4.39 Å². The number of thiazole rings is 1. The van der Waals surface area contributed by atoms with Crippen LogP contribution >= 0.6 is 11.3 Å². The van der Waals surface area contributed by atoms with Gasteiger partial charge in [-0.1, -0.05) is 12.1 Å². The molecule has 0 amide bonds. The fraction of sp³-hybridized carbons (Fsp3) is 0.357. The first kappa shape index (κ1) is 13.2. The summed E-state index contributed by atoms with van der Waals surface area (Å²) < 4.78 is 12.8. The first-order valence-corrected chi connectivity index (χ1v) is 6.84. The summed E-state index contributed by atoms with van der Waals surface area (Å²) in [6.45, 7) is 2.08. The van der Waals surface area contributed by atoms with Gasteiger partial charge in [0.05, 0.1) is 11.2 Å². The van der Waals surface area contributed by atoms with Crippen LogP contribution in [-0.4, -0.2) is 16.7 Å². The predicted octanol–water partition coefficient (Wildman–Crippen LogP) is 3.30. The highest BCUT2D eigenvalue weighted by Crippen LogP contribution is 2.24. The predicted molar refractivity (Wildman–Crippen MR) is 71.4 cm³/mol. The second-order valence-corrected chi connectivity index (χ2v) is 5.27. The Hall–Kier alpha value is -1.26. The molecule has 0 aliphatic carbocycles. The maximum absolute atomic E-state index is 12.8. The molecule has 96 valence electrons. The van der Waals surface area contributed by atoms with E-state index >= 15 is 0 Å². The zero-order valence-corrected chi connectivity index (χ0v) is 11.1. The zero-order chi connectivity index (χ0) is 13.0. The van der Waals surface area contributed by atoms with Crippen molar-refractivity contribution in [1.29, 1.82) is 0 Å². The molecule has 1 atom stereocenters. The highest BCUT2D eigenvalue weighted by molar-refractivity contribution is 7.09. The molecule has 0 aliphatic rings. The maximum Gasteiger partial charge on any atom is 0.123 e. The van der Waals surface area contributed by atoms with E-state index in [1.807, 2.05) is 12.4 Å². The van der Waals surface area contributed by atoms with Gasteiger partial charge in [0, 0.05) is 17.4 Å². The first-order chi connectivity index (χ1) is 8.70. The van der Waals surface area contributed by atoms with Crippen LogP contribution in [0.15, 0.2) is 29.8 Å². The summed E-state index contributed by atoms with van der Waals surface area (Å²) in [5.41, 5.74) is 3.90.